The van der Waals surface area contributed by atoms with Crippen LogP contribution in [-0.2, 0) is 21.7 Å². The van der Waals surface area contributed by atoms with E-state index in [0.29, 0.717) is 46.8 Å². The Bertz CT molecular complexity index is 895. The fourth-order valence-corrected chi connectivity index (χ4v) is 3.39. The third-order valence-corrected chi connectivity index (χ3v) is 4.67. The Hall–Kier alpha value is -1.60. The highest BCUT2D eigenvalue weighted by Gasteiger charge is 2.45. The fraction of sp³-hybridized carbons (Fsp3) is 0.412. The van der Waals surface area contributed by atoms with Crippen LogP contribution in [0.2, 0.25) is 10.0 Å². The van der Waals surface area contributed by atoms with Crippen LogP contribution in [-0.4, -0.2) is 28.4 Å². The van der Waals surface area contributed by atoms with Crippen molar-refractivity contribution >= 4 is 34.2 Å². The van der Waals surface area contributed by atoms with Gasteiger partial charge in [-0.2, -0.15) is 5.10 Å². The van der Waals surface area contributed by atoms with Gasteiger partial charge in [-0.3, -0.25) is 5.10 Å². The summed E-state index contributed by atoms with van der Waals surface area (Å²) >= 11 is 12.4. The Morgan fingerprint density at radius 3 is 2.60 bits per heavy atom. The van der Waals surface area contributed by atoms with Crippen LogP contribution in [0.5, 0.6) is 0 Å². The van der Waals surface area contributed by atoms with Gasteiger partial charge in [0.2, 0.25) is 5.79 Å². The summed E-state index contributed by atoms with van der Waals surface area (Å²) < 4.78 is 18.3. The predicted octanol–water partition coefficient (Wildman–Crippen LogP) is 4.33. The molecule has 0 atom stereocenters. The number of rotatable bonds is 3. The fourth-order valence-electron chi connectivity index (χ4n) is 2.84. The second kappa shape index (κ2) is 5.99. The van der Waals surface area contributed by atoms with Gasteiger partial charge in [-0.15, -0.1) is 0 Å². The maximum atomic E-state index is 6.26. The molecule has 0 unspecified atom stereocenters. The average molecular weight is 382 g/mol. The van der Waals surface area contributed by atoms with Crippen LogP contribution in [0.15, 0.2) is 28.9 Å². The average Bonchev–Trinajstić information content (AvgIpc) is 3.19. The van der Waals surface area contributed by atoms with E-state index in [9.17, 15) is 0 Å². The number of nitrogens with one attached hydrogen (secondary N) is 1. The summed E-state index contributed by atoms with van der Waals surface area (Å²) in [4.78, 5) is 4.19. The summed E-state index contributed by atoms with van der Waals surface area (Å²) in [6.07, 6.45) is 1.79. The second-order valence-corrected chi connectivity index (χ2v) is 7.86. The van der Waals surface area contributed by atoms with E-state index in [4.69, 9.17) is 37.1 Å². The molecular weight excluding hydrogens is 365 g/mol. The SMILES string of the molecule is CC1(C)COC(Cc2ncn[nH]2)(c2cc3cc(Cl)cc(Cl)c3o2)OC1. The largest absolute Gasteiger partial charge is 0.454 e. The number of aromatic amines is 1. The molecule has 6 nitrogen and oxygen atoms in total. The van der Waals surface area contributed by atoms with E-state index in [-0.39, 0.29) is 5.41 Å². The summed E-state index contributed by atoms with van der Waals surface area (Å²) in [7, 11) is 0. The Balaban J connectivity index is 1.79. The topological polar surface area (TPSA) is 73.2 Å². The molecule has 4 rings (SSSR count). The summed E-state index contributed by atoms with van der Waals surface area (Å²) in [5, 5.41) is 8.52. The molecule has 1 aliphatic rings. The minimum Gasteiger partial charge on any atom is -0.454 e. The zero-order valence-electron chi connectivity index (χ0n) is 13.8. The van der Waals surface area contributed by atoms with Crippen molar-refractivity contribution < 1.29 is 13.9 Å². The molecule has 0 saturated carbocycles. The molecule has 1 aromatic carbocycles. The molecule has 1 N–H and O–H groups in total. The highest BCUT2D eigenvalue weighted by molar-refractivity contribution is 6.38. The lowest BCUT2D eigenvalue weighted by atomic mass is 9.93. The van der Waals surface area contributed by atoms with E-state index >= 15 is 0 Å². The van der Waals surface area contributed by atoms with Crippen LogP contribution in [0.4, 0.5) is 0 Å². The quantitative estimate of drug-likeness (QED) is 0.730. The van der Waals surface area contributed by atoms with Crippen molar-refractivity contribution in [2.45, 2.75) is 26.1 Å². The molecule has 0 aliphatic carbocycles. The first-order valence-electron chi connectivity index (χ1n) is 7.88. The standard InChI is InChI=1S/C17H17Cl2N3O3/c1-16(2)7-23-17(24-8-16,6-14-20-9-21-22-14)13-4-10-3-11(18)5-12(19)15(10)25-13/h3-5,9H,6-8H2,1-2H3,(H,20,21,22). The zero-order valence-corrected chi connectivity index (χ0v) is 15.3. The van der Waals surface area contributed by atoms with Crippen LogP contribution in [0, 0.1) is 5.41 Å². The van der Waals surface area contributed by atoms with Crippen molar-refractivity contribution in [1.29, 1.82) is 0 Å². The number of H-pyrrole nitrogens is 1. The molecule has 3 aromatic rings. The Labute approximate surface area is 154 Å². The summed E-state index contributed by atoms with van der Waals surface area (Å²) in [6, 6.07) is 5.29. The van der Waals surface area contributed by atoms with E-state index in [1.54, 1.807) is 12.1 Å². The van der Waals surface area contributed by atoms with Crippen molar-refractivity contribution in [3.8, 4) is 0 Å². The molecule has 2 aromatic heterocycles. The van der Waals surface area contributed by atoms with E-state index in [2.05, 4.69) is 29.0 Å². The number of hydrogen-bond acceptors (Lipinski definition) is 5. The second-order valence-electron chi connectivity index (χ2n) is 7.02. The van der Waals surface area contributed by atoms with E-state index in [0.717, 1.165) is 5.39 Å². The van der Waals surface area contributed by atoms with Crippen molar-refractivity contribution in [2.24, 2.45) is 5.41 Å². The molecule has 0 bridgehead atoms. The van der Waals surface area contributed by atoms with Gasteiger partial charge in [-0.25, -0.2) is 4.98 Å². The van der Waals surface area contributed by atoms with Crippen LogP contribution < -0.4 is 0 Å². The minimum atomic E-state index is -1.09. The predicted molar refractivity (Wildman–Crippen MR) is 93.7 cm³/mol. The van der Waals surface area contributed by atoms with Crippen molar-refractivity contribution in [2.75, 3.05) is 13.2 Å². The van der Waals surface area contributed by atoms with Gasteiger partial charge < -0.3 is 13.9 Å². The van der Waals surface area contributed by atoms with E-state index in [1.807, 2.05) is 6.07 Å². The van der Waals surface area contributed by atoms with Crippen molar-refractivity contribution in [3.63, 3.8) is 0 Å². The minimum absolute atomic E-state index is 0.0854. The monoisotopic (exact) mass is 381 g/mol. The zero-order chi connectivity index (χ0) is 17.7. The van der Waals surface area contributed by atoms with Crippen LogP contribution in [0.3, 0.4) is 0 Å². The number of ether oxygens (including phenoxy) is 2. The number of halogens is 2. The maximum absolute atomic E-state index is 6.26. The smallest absolute Gasteiger partial charge is 0.235 e. The van der Waals surface area contributed by atoms with Crippen molar-refractivity contribution in [3.05, 3.63) is 46.2 Å². The first-order chi connectivity index (χ1) is 11.9. The first-order valence-corrected chi connectivity index (χ1v) is 8.64. The third-order valence-electron chi connectivity index (χ3n) is 4.17. The lowest BCUT2D eigenvalue weighted by molar-refractivity contribution is -0.315. The molecular formula is C17H17Cl2N3O3. The maximum Gasteiger partial charge on any atom is 0.235 e. The molecule has 1 aliphatic heterocycles. The summed E-state index contributed by atoms with van der Waals surface area (Å²) in [5.41, 5.74) is 0.466. The highest BCUT2D eigenvalue weighted by Crippen LogP contribution is 2.42. The van der Waals surface area contributed by atoms with Crippen LogP contribution in [0.1, 0.15) is 25.4 Å². The van der Waals surface area contributed by atoms with E-state index < -0.39 is 5.79 Å². The van der Waals surface area contributed by atoms with Gasteiger partial charge >= 0.3 is 0 Å². The highest BCUT2D eigenvalue weighted by atomic mass is 35.5. The molecule has 132 valence electrons. The van der Waals surface area contributed by atoms with Gasteiger partial charge in [0.15, 0.2) is 11.3 Å². The summed E-state index contributed by atoms with van der Waals surface area (Å²) in [6.45, 7) is 5.21. The molecule has 0 amide bonds. The molecule has 8 heteroatoms. The molecule has 3 heterocycles. The Morgan fingerprint density at radius 2 is 1.92 bits per heavy atom. The molecule has 1 fully saturated rings. The number of fused-ring (bicyclic) bond motifs is 1. The van der Waals surface area contributed by atoms with Crippen molar-refractivity contribution in [1.82, 2.24) is 15.2 Å². The Kier molecular flexibility index (Phi) is 4.03. The normalized spacial score (nSPS) is 19.4. The lowest BCUT2D eigenvalue weighted by Crippen LogP contribution is -2.46. The third kappa shape index (κ3) is 3.15. The summed E-state index contributed by atoms with van der Waals surface area (Å²) in [5.74, 6) is 0.0759. The molecule has 0 radical (unpaired) electrons. The van der Waals surface area contributed by atoms with Gasteiger partial charge in [0.1, 0.15) is 12.2 Å². The number of aromatic nitrogens is 3. The number of nitrogens with zero attached hydrogens (tertiary/aromatic N) is 2. The molecule has 25 heavy (non-hydrogen) atoms. The van der Waals surface area contributed by atoms with Gasteiger partial charge in [0.05, 0.1) is 24.7 Å². The lowest BCUT2D eigenvalue weighted by Gasteiger charge is -2.41. The number of hydrogen-bond donors (Lipinski definition) is 1. The molecule has 0 spiro atoms. The van der Waals surface area contributed by atoms with Gasteiger partial charge in [-0.1, -0.05) is 37.0 Å². The molecule has 1 saturated heterocycles. The number of furan rings is 1. The van der Waals surface area contributed by atoms with Crippen LogP contribution >= 0.6 is 23.2 Å². The van der Waals surface area contributed by atoms with Gasteiger partial charge in [-0.05, 0) is 18.2 Å². The number of benzene rings is 1. The van der Waals surface area contributed by atoms with Gasteiger partial charge in [0, 0.05) is 15.8 Å². The Morgan fingerprint density at radius 1 is 1.16 bits per heavy atom. The van der Waals surface area contributed by atoms with E-state index in [1.165, 1.54) is 6.33 Å². The first kappa shape index (κ1) is 16.8. The van der Waals surface area contributed by atoms with Crippen LogP contribution in [0.25, 0.3) is 11.0 Å². The van der Waals surface area contributed by atoms with Gasteiger partial charge in [0.25, 0.3) is 0 Å².